The molecule has 0 amide bonds. The molecule has 0 spiro atoms. The summed E-state index contributed by atoms with van der Waals surface area (Å²) in [4.78, 5) is 20.6. The average molecular weight is 519 g/mol. The molecule has 2 aliphatic heterocycles. The number of anilines is 3. The summed E-state index contributed by atoms with van der Waals surface area (Å²) in [6, 6.07) is 7.87. The fraction of sp³-hybridized carbons (Fsp3) is 0.467. The van der Waals surface area contributed by atoms with E-state index in [0.717, 1.165) is 74.8 Å². The van der Waals surface area contributed by atoms with Crippen LogP contribution in [0.3, 0.4) is 0 Å². The van der Waals surface area contributed by atoms with Gasteiger partial charge < -0.3 is 29.3 Å². The molecule has 0 unspecified atom stereocenters. The van der Waals surface area contributed by atoms with E-state index in [-0.39, 0.29) is 22.7 Å². The Morgan fingerprint density at radius 1 is 0.789 bits per heavy atom. The van der Waals surface area contributed by atoms with Gasteiger partial charge in [0.1, 0.15) is 23.7 Å². The van der Waals surface area contributed by atoms with Crippen molar-refractivity contribution in [3.05, 3.63) is 46.2 Å². The Labute approximate surface area is 224 Å². The van der Waals surface area contributed by atoms with Crippen LogP contribution in [-0.4, -0.2) is 72.4 Å². The predicted molar refractivity (Wildman–Crippen MR) is 151 cm³/mol. The van der Waals surface area contributed by atoms with E-state index in [9.17, 15) is 9.90 Å². The quantitative estimate of drug-likeness (QED) is 0.511. The number of ketones is 1. The van der Waals surface area contributed by atoms with Crippen LogP contribution >= 0.6 is 0 Å². The molecule has 0 fully saturated rings. The molecule has 0 N–H and O–H groups in total. The van der Waals surface area contributed by atoms with Gasteiger partial charge >= 0.3 is 0 Å². The molecule has 8 nitrogen and oxygen atoms in total. The second-order valence-corrected chi connectivity index (χ2v) is 9.81. The Morgan fingerprint density at radius 3 is 1.95 bits per heavy atom. The molecule has 8 heteroatoms. The Balaban J connectivity index is 1.73. The van der Waals surface area contributed by atoms with Crippen LogP contribution in [0.15, 0.2) is 30.0 Å². The van der Waals surface area contributed by atoms with Crippen molar-refractivity contribution in [1.82, 2.24) is 4.58 Å². The number of rotatable bonds is 7. The Kier molecular flexibility index (Phi) is 6.99. The highest BCUT2D eigenvalue weighted by molar-refractivity contribution is 6.52. The molecule has 0 saturated carbocycles. The van der Waals surface area contributed by atoms with Gasteiger partial charge in [-0.1, -0.05) is 5.76 Å². The number of carbonyl (C=O) groups is 1. The molecule has 0 atom stereocenters. The summed E-state index contributed by atoms with van der Waals surface area (Å²) < 4.78 is 13.7. The summed E-state index contributed by atoms with van der Waals surface area (Å²) in [5.74, 6) is 0.570. The van der Waals surface area contributed by atoms with Crippen molar-refractivity contribution in [2.24, 2.45) is 0 Å². The third kappa shape index (κ3) is 3.89. The van der Waals surface area contributed by atoms with Crippen LogP contribution < -0.4 is 44.4 Å². The molecule has 2 aromatic rings. The molecule has 3 aliphatic rings. The second kappa shape index (κ2) is 10.2. The summed E-state index contributed by atoms with van der Waals surface area (Å²) >= 11 is 0. The molecule has 0 bridgehead atoms. The lowest BCUT2D eigenvalue weighted by Crippen LogP contribution is -2.47. The minimum absolute atomic E-state index is 0.187. The largest absolute Gasteiger partial charge is 0.871 e. The first-order valence-corrected chi connectivity index (χ1v) is 13.7. The lowest BCUT2D eigenvalue weighted by atomic mass is 9.81. The molecular formula is C30H38N4O4. The summed E-state index contributed by atoms with van der Waals surface area (Å²) in [7, 11) is 3.18. The van der Waals surface area contributed by atoms with E-state index in [2.05, 4.69) is 47.0 Å². The first-order chi connectivity index (χ1) is 18.4. The Hall–Kier alpha value is -3.68. The van der Waals surface area contributed by atoms with E-state index >= 15 is 0 Å². The van der Waals surface area contributed by atoms with Crippen LogP contribution in [-0.2, 0) is 4.79 Å². The number of ether oxygens (including phenoxy) is 2. The highest BCUT2D eigenvalue weighted by atomic mass is 16.5. The van der Waals surface area contributed by atoms with E-state index in [1.54, 1.807) is 14.2 Å². The minimum Gasteiger partial charge on any atom is -0.871 e. The van der Waals surface area contributed by atoms with Crippen molar-refractivity contribution < 1.29 is 19.4 Å². The molecular weight excluding hydrogens is 480 g/mol. The molecule has 0 aromatic heterocycles. The number of methoxy groups -OCH3 is 2. The zero-order chi connectivity index (χ0) is 27.1. The van der Waals surface area contributed by atoms with Gasteiger partial charge in [-0.25, -0.2) is 4.58 Å². The highest BCUT2D eigenvalue weighted by Gasteiger charge is 2.34. The average Bonchev–Trinajstić information content (AvgIpc) is 2.95. The summed E-state index contributed by atoms with van der Waals surface area (Å²) in [5.41, 5.74) is 4.07. The number of benzene rings is 2. The van der Waals surface area contributed by atoms with Crippen LogP contribution in [0.1, 0.15) is 33.3 Å². The van der Waals surface area contributed by atoms with Crippen LogP contribution in [0.4, 0.5) is 17.1 Å². The fourth-order valence-electron chi connectivity index (χ4n) is 6.02. The van der Waals surface area contributed by atoms with Gasteiger partial charge in [0.25, 0.3) is 0 Å². The van der Waals surface area contributed by atoms with Crippen molar-refractivity contribution in [2.45, 2.75) is 27.7 Å². The van der Waals surface area contributed by atoms with Gasteiger partial charge in [-0.05, 0) is 39.8 Å². The van der Waals surface area contributed by atoms with E-state index < -0.39 is 0 Å². The molecule has 2 heterocycles. The Morgan fingerprint density at radius 2 is 1.39 bits per heavy atom. The van der Waals surface area contributed by atoms with Crippen LogP contribution in [0.2, 0.25) is 0 Å². The number of fused-ring (bicyclic) bond motifs is 2. The van der Waals surface area contributed by atoms with Crippen molar-refractivity contribution in [3.8, 4) is 11.5 Å². The van der Waals surface area contributed by atoms with Gasteiger partial charge in [0.2, 0.25) is 5.36 Å². The van der Waals surface area contributed by atoms with Gasteiger partial charge in [-0.2, -0.15) is 0 Å². The first-order valence-electron chi connectivity index (χ1n) is 13.7. The highest BCUT2D eigenvalue weighted by Crippen LogP contribution is 2.45. The number of hydrogen-bond donors (Lipinski definition) is 0. The smallest absolute Gasteiger partial charge is 0.227 e. The molecule has 0 saturated heterocycles. The minimum atomic E-state index is -0.260. The number of nitrogens with zero attached hydrogens (tertiary/aromatic N) is 4. The number of likely N-dealkylation sites (N-methyl/N-ethyl adjacent to an activating group) is 4. The predicted octanol–water partition coefficient (Wildman–Crippen LogP) is 1.23. The standard InChI is InChI=1S/C30H38N4O4/c1-7-31-11-13-33(9-3)23-17-25(37-5)19(15-21(23)31)27-29(35)28(30(27)36)20-16-22-24(18-26(20)38-6)34(10-4)14-12-32(22)8-2/h15-18H,7-14H2,1-6H3. The van der Waals surface area contributed by atoms with Crippen molar-refractivity contribution in [3.63, 3.8) is 0 Å². The topological polar surface area (TPSA) is 71.3 Å². The first kappa shape index (κ1) is 25.9. The van der Waals surface area contributed by atoms with Crippen molar-refractivity contribution in [1.29, 1.82) is 0 Å². The van der Waals surface area contributed by atoms with Gasteiger partial charge in [-0.15, -0.1) is 0 Å². The van der Waals surface area contributed by atoms with E-state index in [4.69, 9.17) is 9.47 Å². The van der Waals surface area contributed by atoms with Gasteiger partial charge in [0.05, 0.1) is 38.2 Å². The lowest BCUT2D eigenvalue weighted by molar-refractivity contribution is -0.293. The maximum Gasteiger partial charge on any atom is 0.227 e. The SMILES string of the molecule is CCN1CCN(CC)c2cc(C3=C([O-])/C(=c4\cc5c(cc4OC)=[N+](CC)CCN5CC)C3=O)c(OC)cc21. The van der Waals surface area contributed by atoms with Crippen LogP contribution in [0.25, 0.3) is 11.1 Å². The van der Waals surface area contributed by atoms with Crippen LogP contribution in [0, 0.1) is 0 Å². The molecule has 202 valence electrons. The third-order valence-electron chi connectivity index (χ3n) is 8.21. The van der Waals surface area contributed by atoms with Gasteiger partial charge in [-0.3, -0.25) is 4.79 Å². The number of hydrogen-bond acceptors (Lipinski definition) is 7. The zero-order valence-electron chi connectivity index (χ0n) is 23.4. The molecule has 38 heavy (non-hydrogen) atoms. The van der Waals surface area contributed by atoms with E-state index in [0.29, 0.717) is 22.3 Å². The maximum atomic E-state index is 13.7. The summed E-state index contributed by atoms with van der Waals surface area (Å²) in [6.07, 6.45) is 0. The van der Waals surface area contributed by atoms with Gasteiger partial charge in [0.15, 0.2) is 12.3 Å². The molecule has 2 aromatic carbocycles. The third-order valence-corrected chi connectivity index (χ3v) is 8.21. The van der Waals surface area contributed by atoms with Gasteiger partial charge in [0, 0.05) is 60.7 Å². The normalized spacial score (nSPS) is 18.4. The number of Topliss-reactive ketones (excluding diaryl/α,β-unsaturated/α-hetero) is 1. The fourth-order valence-corrected chi connectivity index (χ4v) is 6.02. The lowest BCUT2D eigenvalue weighted by Gasteiger charge is -2.39. The van der Waals surface area contributed by atoms with Crippen molar-refractivity contribution >= 4 is 34.0 Å². The maximum absolute atomic E-state index is 13.7. The van der Waals surface area contributed by atoms with E-state index in [1.165, 1.54) is 0 Å². The molecule has 1 aliphatic carbocycles. The van der Waals surface area contributed by atoms with E-state index in [1.807, 2.05) is 24.3 Å². The molecule has 0 radical (unpaired) electrons. The number of carbonyl (C=O) groups excluding carboxylic acids is 1. The monoisotopic (exact) mass is 518 g/mol. The second-order valence-electron chi connectivity index (χ2n) is 9.81. The zero-order valence-corrected chi connectivity index (χ0v) is 23.4. The Bertz CT molecular complexity index is 1450. The van der Waals surface area contributed by atoms with Crippen LogP contribution in [0.5, 0.6) is 11.5 Å². The summed E-state index contributed by atoms with van der Waals surface area (Å²) in [6.45, 7) is 15.6. The number of allylic oxidation sites excluding steroid dienone is 2. The van der Waals surface area contributed by atoms with Crippen molar-refractivity contribution in [2.75, 3.05) is 81.3 Å². The summed E-state index contributed by atoms with van der Waals surface area (Å²) in [5, 5.41) is 15.4. The molecule has 5 rings (SSSR count).